The highest BCUT2D eigenvalue weighted by Crippen LogP contribution is 2.31. The minimum absolute atomic E-state index is 0.0775. The topological polar surface area (TPSA) is 78.8 Å². The highest BCUT2D eigenvalue weighted by Gasteiger charge is 2.32. The van der Waals surface area contributed by atoms with E-state index < -0.39 is 34.2 Å². The molecule has 3 aromatic carbocycles. The van der Waals surface area contributed by atoms with Crippen molar-refractivity contribution in [3.63, 3.8) is 0 Å². The van der Waals surface area contributed by atoms with Gasteiger partial charge in [-0.1, -0.05) is 71.7 Å². The third-order valence-corrected chi connectivity index (χ3v) is 7.54. The normalized spacial score (nSPS) is 12.3. The molecule has 0 heterocycles. The Morgan fingerprint density at radius 3 is 2.36 bits per heavy atom. The molecule has 0 radical (unpaired) electrons. The minimum atomic E-state index is -4.61. The Morgan fingerprint density at radius 1 is 1.00 bits per heavy atom. The first-order valence-corrected chi connectivity index (χ1v) is 12.7. The molecule has 0 atom stereocenters. The maximum absolute atomic E-state index is 13.4. The average molecular weight is 558 g/mol. The molecule has 36 heavy (non-hydrogen) atoms. The number of nitrogens with one attached hydrogen (secondary N) is 1. The lowest BCUT2D eigenvalue weighted by Crippen LogP contribution is -2.40. The van der Waals surface area contributed by atoms with E-state index in [1.807, 2.05) is 6.07 Å². The van der Waals surface area contributed by atoms with Gasteiger partial charge in [-0.05, 0) is 36.2 Å². The predicted octanol–water partition coefficient (Wildman–Crippen LogP) is 5.40. The summed E-state index contributed by atoms with van der Waals surface area (Å²) in [5.74, 6) is -0.856. The van der Waals surface area contributed by atoms with Gasteiger partial charge in [0.15, 0.2) is 0 Å². The number of rotatable bonds is 9. The fraction of sp³-hybridized carbons (Fsp3) is 0.167. The molecule has 3 rings (SSSR count). The summed E-state index contributed by atoms with van der Waals surface area (Å²) in [5, 5.41) is 3.64. The molecule has 3 aromatic rings. The van der Waals surface area contributed by atoms with Crippen LogP contribution in [-0.2, 0) is 27.4 Å². The van der Waals surface area contributed by atoms with Crippen molar-refractivity contribution in [1.82, 2.24) is 9.73 Å². The lowest BCUT2D eigenvalue weighted by atomic mass is 10.1. The Morgan fingerprint density at radius 2 is 1.67 bits per heavy atom. The van der Waals surface area contributed by atoms with Crippen LogP contribution >= 0.6 is 23.2 Å². The number of hydrogen-bond donors (Lipinski definition) is 1. The van der Waals surface area contributed by atoms with Crippen LogP contribution in [0, 0.1) is 0 Å². The van der Waals surface area contributed by atoms with Crippen molar-refractivity contribution in [2.24, 2.45) is 5.10 Å². The molecule has 0 spiro atoms. The summed E-state index contributed by atoms with van der Waals surface area (Å²) in [4.78, 5) is 12.3. The molecule has 0 unspecified atom stereocenters. The van der Waals surface area contributed by atoms with Crippen molar-refractivity contribution >= 4 is 45.3 Å². The van der Waals surface area contributed by atoms with Gasteiger partial charge in [0.1, 0.15) is 4.90 Å². The molecule has 0 aliphatic rings. The van der Waals surface area contributed by atoms with Crippen LogP contribution in [0.4, 0.5) is 13.2 Å². The van der Waals surface area contributed by atoms with Crippen molar-refractivity contribution < 1.29 is 26.4 Å². The molecule has 1 N–H and O–H groups in total. The molecule has 6 nitrogen and oxygen atoms in total. The first-order valence-electron chi connectivity index (χ1n) is 10.5. The Hall–Kier alpha value is -2.92. The first kappa shape index (κ1) is 27.7. The maximum Gasteiger partial charge on any atom is 0.417 e. The Bertz CT molecular complexity index is 1350. The van der Waals surface area contributed by atoms with Gasteiger partial charge < -0.3 is 0 Å². The van der Waals surface area contributed by atoms with Gasteiger partial charge in [0.25, 0.3) is 5.91 Å². The van der Waals surface area contributed by atoms with Crippen LogP contribution in [0.25, 0.3) is 0 Å². The summed E-state index contributed by atoms with van der Waals surface area (Å²) < 4.78 is 67.0. The van der Waals surface area contributed by atoms with Crippen molar-refractivity contribution in [2.45, 2.75) is 17.5 Å². The van der Waals surface area contributed by atoms with E-state index in [0.29, 0.717) is 0 Å². The third kappa shape index (κ3) is 7.30. The van der Waals surface area contributed by atoms with E-state index in [9.17, 15) is 26.4 Å². The molecule has 0 fully saturated rings. The minimum Gasteiger partial charge on any atom is -0.272 e. The highest BCUT2D eigenvalue weighted by molar-refractivity contribution is 7.89. The number of nitrogens with zero attached hydrogens (tertiary/aromatic N) is 2. The van der Waals surface area contributed by atoms with E-state index in [2.05, 4.69) is 10.5 Å². The van der Waals surface area contributed by atoms with E-state index in [1.165, 1.54) is 36.4 Å². The zero-order valence-electron chi connectivity index (χ0n) is 18.5. The van der Waals surface area contributed by atoms with Crippen LogP contribution in [0.5, 0.6) is 0 Å². The number of carbonyl (C=O) groups excluding carboxylic acids is 1. The van der Waals surface area contributed by atoms with Crippen LogP contribution in [0.1, 0.15) is 16.7 Å². The summed E-state index contributed by atoms with van der Waals surface area (Å²) >= 11 is 12.1. The summed E-state index contributed by atoms with van der Waals surface area (Å²) in [7, 11) is -4.27. The second-order valence-electron chi connectivity index (χ2n) is 7.53. The molecule has 0 saturated carbocycles. The van der Waals surface area contributed by atoms with Gasteiger partial charge in [-0.15, -0.1) is 0 Å². The molecule has 1 amide bonds. The van der Waals surface area contributed by atoms with Crippen molar-refractivity contribution in [3.05, 3.63) is 99.5 Å². The van der Waals surface area contributed by atoms with Gasteiger partial charge in [-0.3, -0.25) is 4.79 Å². The van der Waals surface area contributed by atoms with Gasteiger partial charge in [-0.25, -0.2) is 13.8 Å². The Kier molecular flexibility index (Phi) is 9.13. The van der Waals surface area contributed by atoms with Gasteiger partial charge in [-0.2, -0.15) is 22.6 Å². The Balaban J connectivity index is 1.81. The van der Waals surface area contributed by atoms with Crippen LogP contribution in [-0.4, -0.2) is 37.9 Å². The molecule has 190 valence electrons. The van der Waals surface area contributed by atoms with Crippen molar-refractivity contribution in [3.8, 4) is 0 Å². The number of benzene rings is 3. The van der Waals surface area contributed by atoms with E-state index >= 15 is 0 Å². The van der Waals surface area contributed by atoms with E-state index in [4.69, 9.17) is 23.2 Å². The summed E-state index contributed by atoms with van der Waals surface area (Å²) in [5.41, 5.74) is 1.73. The van der Waals surface area contributed by atoms with Crippen LogP contribution in [0.15, 0.2) is 82.8 Å². The fourth-order valence-corrected chi connectivity index (χ4v) is 5.37. The molecule has 0 aliphatic heterocycles. The summed E-state index contributed by atoms with van der Waals surface area (Å²) in [6, 6.07) is 17.6. The van der Waals surface area contributed by atoms with Crippen LogP contribution in [0.2, 0.25) is 10.0 Å². The average Bonchev–Trinajstić information content (AvgIpc) is 2.83. The largest absolute Gasteiger partial charge is 0.417 e. The Labute approximate surface area is 216 Å². The standard InChI is InChI=1S/C24H20Cl2F3N3O3S/c25-19-10-11-21(26)22(14-19)36(34,35)32(13-12-17-6-2-1-3-7-17)16-23(33)31-30-15-18-8-4-5-9-20(18)24(27,28)29/h1-11,14-15H,12-13,16H2,(H,31,33)/b30-15-. The summed E-state index contributed by atoms with van der Waals surface area (Å²) in [6.45, 7) is -0.737. The molecule has 0 aromatic heterocycles. The quantitative estimate of drug-likeness (QED) is 0.283. The SMILES string of the molecule is O=C(CN(CCc1ccccc1)S(=O)(=O)c1cc(Cl)ccc1Cl)N/N=C\c1ccccc1C(F)(F)F. The van der Waals surface area contributed by atoms with Crippen molar-refractivity contribution in [2.75, 3.05) is 13.1 Å². The van der Waals surface area contributed by atoms with Crippen LogP contribution in [0.3, 0.4) is 0 Å². The van der Waals surface area contributed by atoms with Gasteiger partial charge in [0.05, 0.1) is 23.3 Å². The summed E-state index contributed by atoms with van der Waals surface area (Å²) in [6.07, 6.45) is -3.48. The number of amides is 1. The molecule has 0 aliphatic carbocycles. The van der Waals surface area contributed by atoms with Crippen LogP contribution < -0.4 is 5.43 Å². The highest BCUT2D eigenvalue weighted by atomic mass is 35.5. The second-order valence-corrected chi connectivity index (χ2v) is 10.3. The number of carbonyl (C=O) groups is 1. The first-order chi connectivity index (χ1) is 17.0. The van der Waals surface area contributed by atoms with Gasteiger partial charge >= 0.3 is 6.18 Å². The monoisotopic (exact) mass is 557 g/mol. The fourth-order valence-electron chi connectivity index (χ4n) is 3.23. The molecule has 0 bridgehead atoms. The van der Waals surface area contributed by atoms with E-state index in [-0.39, 0.29) is 33.5 Å². The molecule has 0 saturated heterocycles. The molecule has 12 heteroatoms. The number of alkyl halides is 3. The lowest BCUT2D eigenvalue weighted by molar-refractivity contribution is -0.137. The molecular formula is C24H20Cl2F3N3O3S. The number of hydrazone groups is 1. The lowest BCUT2D eigenvalue weighted by Gasteiger charge is -2.22. The van der Waals surface area contributed by atoms with Gasteiger partial charge in [0.2, 0.25) is 10.0 Å². The van der Waals surface area contributed by atoms with E-state index in [1.54, 1.807) is 24.3 Å². The molecular weight excluding hydrogens is 538 g/mol. The maximum atomic E-state index is 13.4. The second kappa shape index (κ2) is 11.9. The van der Waals surface area contributed by atoms with E-state index in [0.717, 1.165) is 22.1 Å². The number of halogens is 5. The number of sulfonamides is 1. The zero-order chi connectivity index (χ0) is 26.3. The smallest absolute Gasteiger partial charge is 0.272 e. The van der Waals surface area contributed by atoms with Gasteiger partial charge in [0, 0.05) is 17.1 Å². The number of hydrogen-bond acceptors (Lipinski definition) is 4. The predicted molar refractivity (Wildman–Crippen MR) is 133 cm³/mol. The third-order valence-electron chi connectivity index (χ3n) is 4.98. The van der Waals surface area contributed by atoms with Crippen molar-refractivity contribution in [1.29, 1.82) is 0 Å². The zero-order valence-corrected chi connectivity index (χ0v) is 20.9.